The van der Waals surface area contributed by atoms with E-state index in [0.717, 1.165) is 51.5 Å². The Hall–Kier alpha value is -2.57. The molecular weight excluding hydrogens is 342 g/mol. The Kier molecular flexibility index (Phi) is 7.07. The van der Waals surface area contributed by atoms with Crippen molar-refractivity contribution in [3.63, 3.8) is 0 Å². The number of carbonyl (C=O) groups is 1. The molecule has 2 amide bonds. The Balaban J connectivity index is 1.54. The Morgan fingerprint density at radius 2 is 1.70 bits per heavy atom. The molecular formula is C21H27N3O3. The standard InChI is InChI=1S/C21H27N3O3/c1-26-17-7-12-23-13-15-24(16-14-23)21(25)22-19-10-5-6-11-20(19)27-18-8-3-2-4-9-18/h2-6,8-11H,7,12-17H2,1H3,(H,22,25). The third-order valence-corrected chi connectivity index (χ3v) is 4.58. The molecule has 0 saturated carbocycles. The molecule has 0 radical (unpaired) electrons. The highest BCUT2D eigenvalue weighted by molar-refractivity contribution is 5.91. The molecule has 0 atom stereocenters. The van der Waals surface area contributed by atoms with E-state index in [-0.39, 0.29) is 6.03 Å². The van der Waals surface area contributed by atoms with Crippen molar-refractivity contribution < 1.29 is 14.3 Å². The first-order valence-electron chi connectivity index (χ1n) is 9.35. The molecule has 0 spiro atoms. The number of nitrogens with zero attached hydrogens (tertiary/aromatic N) is 2. The van der Waals surface area contributed by atoms with E-state index in [1.54, 1.807) is 7.11 Å². The molecule has 0 bridgehead atoms. The zero-order valence-corrected chi connectivity index (χ0v) is 15.8. The summed E-state index contributed by atoms with van der Waals surface area (Å²) in [6.45, 7) is 5.01. The molecule has 1 heterocycles. The van der Waals surface area contributed by atoms with E-state index < -0.39 is 0 Å². The van der Waals surface area contributed by atoms with E-state index in [1.165, 1.54) is 0 Å². The van der Waals surface area contributed by atoms with Crippen molar-refractivity contribution in [3.05, 3.63) is 54.6 Å². The second-order valence-corrected chi connectivity index (χ2v) is 6.52. The van der Waals surface area contributed by atoms with Gasteiger partial charge in [0.25, 0.3) is 0 Å². The van der Waals surface area contributed by atoms with Crippen LogP contribution in [-0.4, -0.2) is 62.3 Å². The van der Waals surface area contributed by atoms with Gasteiger partial charge in [0.1, 0.15) is 5.75 Å². The number of anilines is 1. The second-order valence-electron chi connectivity index (χ2n) is 6.52. The number of ether oxygens (including phenoxy) is 2. The number of hydrogen-bond donors (Lipinski definition) is 1. The summed E-state index contributed by atoms with van der Waals surface area (Å²) in [7, 11) is 1.72. The summed E-state index contributed by atoms with van der Waals surface area (Å²) in [6, 6.07) is 17.0. The molecule has 1 saturated heterocycles. The van der Waals surface area contributed by atoms with Crippen LogP contribution in [-0.2, 0) is 4.74 Å². The van der Waals surface area contributed by atoms with Crippen molar-refractivity contribution in [2.24, 2.45) is 0 Å². The zero-order chi connectivity index (χ0) is 18.9. The van der Waals surface area contributed by atoms with Crippen LogP contribution in [0.4, 0.5) is 10.5 Å². The molecule has 2 aromatic rings. The van der Waals surface area contributed by atoms with Gasteiger partial charge in [-0.1, -0.05) is 30.3 Å². The van der Waals surface area contributed by atoms with Gasteiger partial charge in [0, 0.05) is 46.4 Å². The molecule has 27 heavy (non-hydrogen) atoms. The van der Waals surface area contributed by atoms with Gasteiger partial charge in [-0.2, -0.15) is 0 Å². The van der Waals surface area contributed by atoms with Crippen molar-refractivity contribution in [2.75, 3.05) is 51.8 Å². The first-order valence-corrected chi connectivity index (χ1v) is 9.35. The second kappa shape index (κ2) is 9.94. The molecule has 1 N–H and O–H groups in total. The number of rotatable bonds is 7. The number of amides is 2. The molecule has 0 aliphatic carbocycles. The normalized spacial score (nSPS) is 14.8. The van der Waals surface area contributed by atoms with E-state index >= 15 is 0 Å². The lowest BCUT2D eigenvalue weighted by Crippen LogP contribution is -2.50. The zero-order valence-electron chi connectivity index (χ0n) is 15.8. The number of urea groups is 1. The number of methoxy groups -OCH3 is 1. The number of para-hydroxylation sites is 3. The lowest BCUT2D eigenvalue weighted by Gasteiger charge is -2.34. The van der Waals surface area contributed by atoms with Crippen LogP contribution in [0.5, 0.6) is 11.5 Å². The number of piperazine rings is 1. The van der Waals surface area contributed by atoms with E-state index in [0.29, 0.717) is 11.4 Å². The van der Waals surface area contributed by atoms with E-state index in [4.69, 9.17) is 9.47 Å². The summed E-state index contributed by atoms with van der Waals surface area (Å²) in [6.07, 6.45) is 1.02. The predicted molar refractivity (Wildman–Crippen MR) is 106 cm³/mol. The molecule has 0 unspecified atom stereocenters. The minimum atomic E-state index is -0.0874. The minimum Gasteiger partial charge on any atom is -0.455 e. The highest BCUT2D eigenvalue weighted by Gasteiger charge is 2.21. The van der Waals surface area contributed by atoms with Crippen molar-refractivity contribution >= 4 is 11.7 Å². The monoisotopic (exact) mass is 369 g/mol. The molecule has 1 fully saturated rings. The van der Waals surface area contributed by atoms with Crippen LogP contribution in [0.2, 0.25) is 0 Å². The smallest absolute Gasteiger partial charge is 0.322 e. The van der Waals surface area contributed by atoms with Gasteiger partial charge in [0.15, 0.2) is 5.75 Å². The van der Waals surface area contributed by atoms with E-state index in [1.807, 2.05) is 59.5 Å². The van der Waals surface area contributed by atoms with Crippen LogP contribution in [0.25, 0.3) is 0 Å². The summed E-state index contributed by atoms with van der Waals surface area (Å²) in [4.78, 5) is 16.9. The lowest BCUT2D eigenvalue weighted by molar-refractivity contribution is 0.130. The number of carbonyl (C=O) groups excluding carboxylic acids is 1. The summed E-state index contributed by atoms with van der Waals surface area (Å²) < 4.78 is 11.0. The van der Waals surface area contributed by atoms with Crippen molar-refractivity contribution in [3.8, 4) is 11.5 Å². The number of hydrogen-bond acceptors (Lipinski definition) is 4. The maximum atomic E-state index is 12.7. The minimum absolute atomic E-state index is 0.0874. The Morgan fingerprint density at radius 1 is 1.00 bits per heavy atom. The molecule has 3 rings (SSSR count). The maximum absolute atomic E-state index is 12.7. The van der Waals surface area contributed by atoms with Crippen LogP contribution in [0.15, 0.2) is 54.6 Å². The fraction of sp³-hybridized carbons (Fsp3) is 0.381. The Morgan fingerprint density at radius 3 is 2.44 bits per heavy atom. The molecule has 2 aromatic carbocycles. The first-order chi connectivity index (χ1) is 13.3. The van der Waals surface area contributed by atoms with Crippen LogP contribution in [0.1, 0.15) is 6.42 Å². The molecule has 1 aliphatic heterocycles. The van der Waals surface area contributed by atoms with E-state index in [2.05, 4.69) is 10.2 Å². The van der Waals surface area contributed by atoms with Gasteiger partial charge in [-0.05, 0) is 30.7 Å². The van der Waals surface area contributed by atoms with Crippen molar-refractivity contribution in [1.29, 1.82) is 0 Å². The third kappa shape index (κ3) is 5.70. The number of benzene rings is 2. The topological polar surface area (TPSA) is 54.0 Å². The van der Waals surface area contributed by atoms with Gasteiger partial charge >= 0.3 is 6.03 Å². The summed E-state index contributed by atoms with van der Waals surface area (Å²) in [5.41, 5.74) is 0.675. The highest BCUT2D eigenvalue weighted by Crippen LogP contribution is 2.29. The average Bonchev–Trinajstić information content (AvgIpc) is 2.71. The Labute approximate surface area is 160 Å². The fourth-order valence-electron chi connectivity index (χ4n) is 3.08. The Bertz CT molecular complexity index is 716. The van der Waals surface area contributed by atoms with Crippen LogP contribution < -0.4 is 10.1 Å². The number of nitrogens with one attached hydrogen (secondary N) is 1. The molecule has 144 valence electrons. The molecule has 6 heteroatoms. The van der Waals surface area contributed by atoms with Gasteiger partial charge in [0.05, 0.1) is 5.69 Å². The molecule has 1 aliphatic rings. The summed E-state index contributed by atoms with van der Waals surface area (Å²) in [5.74, 6) is 1.37. The fourth-order valence-corrected chi connectivity index (χ4v) is 3.08. The highest BCUT2D eigenvalue weighted by atomic mass is 16.5. The van der Waals surface area contributed by atoms with Gasteiger partial charge in [-0.3, -0.25) is 4.90 Å². The lowest BCUT2D eigenvalue weighted by atomic mass is 10.2. The summed E-state index contributed by atoms with van der Waals surface area (Å²) >= 11 is 0. The quantitative estimate of drug-likeness (QED) is 0.757. The molecule has 0 aromatic heterocycles. The van der Waals surface area contributed by atoms with Gasteiger partial charge < -0.3 is 19.7 Å². The van der Waals surface area contributed by atoms with Crippen LogP contribution >= 0.6 is 0 Å². The van der Waals surface area contributed by atoms with E-state index in [9.17, 15) is 4.79 Å². The van der Waals surface area contributed by atoms with Crippen LogP contribution in [0, 0.1) is 0 Å². The largest absolute Gasteiger partial charge is 0.455 e. The average molecular weight is 369 g/mol. The van der Waals surface area contributed by atoms with Gasteiger partial charge in [-0.25, -0.2) is 4.79 Å². The third-order valence-electron chi connectivity index (χ3n) is 4.58. The SMILES string of the molecule is COCCCN1CCN(C(=O)Nc2ccccc2Oc2ccccc2)CC1. The van der Waals surface area contributed by atoms with Crippen molar-refractivity contribution in [1.82, 2.24) is 9.80 Å². The summed E-state index contributed by atoms with van der Waals surface area (Å²) in [5, 5.41) is 2.99. The predicted octanol–water partition coefficient (Wildman–Crippen LogP) is 3.66. The van der Waals surface area contributed by atoms with Gasteiger partial charge in [0.2, 0.25) is 0 Å². The van der Waals surface area contributed by atoms with Crippen LogP contribution in [0.3, 0.4) is 0 Å². The van der Waals surface area contributed by atoms with Gasteiger partial charge in [-0.15, -0.1) is 0 Å². The maximum Gasteiger partial charge on any atom is 0.322 e. The molecule has 6 nitrogen and oxygen atoms in total. The first kappa shape index (κ1) is 19.2. The van der Waals surface area contributed by atoms with Crippen molar-refractivity contribution in [2.45, 2.75) is 6.42 Å².